The third-order valence-electron chi connectivity index (χ3n) is 3.44. The Bertz CT molecular complexity index is 471. The molecule has 3 rings (SSSR count). The maximum Gasteiger partial charge on any atom is 1.00 e. The number of fused-ring (bicyclic) bond motifs is 3. The third kappa shape index (κ3) is 2.10. The van der Waals surface area contributed by atoms with Crippen LogP contribution < -0.4 is 29.6 Å². The summed E-state index contributed by atoms with van der Waals surface area (Å²) in [6.07, 6.45) is 2.45. The van der Waals surface area contributed by atoms with Crippen molar-refractivity contribution in [2.24, 2.45) is 0 Å². The van der Waals surface area contributed by atoms with Crippen LogP contribution in [0.2, 0.25) is 0 Å². The first-order valence-electron chi connectivity index (χ1n) is 6.01. The van der Waals surface area contributed by atoms with Gasteiger partial charge in [0.1, 0.15) is 0 Å². The minimum absolute atomic E-state index is 0. The molecule has 0 aliphatic heterocycles. The van der Waals surface area contributed by atoms with E-state index in [2.05, 4.69) is 49.4 Å². The SMILES string of the molecule is CCCC1c2[c-]cccc2-c2ccccc21.[Na+]. The summed E-state index contributed by atoms with van der Waals surface area (Å²) < 4.78 is 0. The molecule has 1 heteroatoms. The van der Waals surface area contributed by atoms with Crippen LogP contribution in [-0.2, 0) is 0 Å². The normalized spacial score (nSPS) is 15.9. The van der Waals surface area contributed by atoms with Gasteiger partial charge in [-0.2, -0.15) is 24.3 Å². The molecular formula is C16H15Na. The Kier molecular flexibility index (Phi) is 4.09. The van der Waals surface area contributed by atoms with Crippen molar-refractivity contribution >= 4 is 0 Å². The average Bonchev–Trinajstić information content (AvgIpc) is 2.66. The van der Waals surface area contributed by atoms with Crippen molar-refractivity contribution in [2.45, 2.75) is 25.7 Å². The number of benzene rings is 2. The molecule has 0 radical (unpaired) electrons. The third-order valence-corrected chi connectivity index (χ3v) is 3.44. The molecule has 2 aromatic carbocycles. The fourth-order valence-corrected chi connectivity index (χ4v) is 2.76. The largest absolute Gasteiger partial charge is 1.00 e. The van der Waals surface area contributed by atoms with Gasteiger partial charge in [0.15, 0.2) is 0 Å². The van der Waals surface area contributed by atoms with E-state index in [1.54, 1.807) is 0 Å². The van der Waals surface area contributed by atoms with Gasteiger partial charge in [0, 0.05) is 0 Å². The molecule has 1 aliphatic rings. The molecule has 80 valence electrons. The second-order valence-corrected chi connectivity index (χ2v) is 4.43. The summed E-state index contributed by atoms with van der Waals surface area (Å²) in [5.74, 6) is 0.567. The molecule has 2 aromatic rings. The zero-order valence-corrected chi connectivity index (χ0v) is 12.5. The molecule has 0 spiro atoms. The first-order chi connectivity index (χ1) is 7.92. The van der Waals surface area contributed by atoms with Gasteiger partial charge in [0.05, 0.1) is 0 Å². The molecule has 0 saturated carbocycles. The molecule has 0 nitrogen and oxygen atoms in total. The van der Waals surface area contributed by atoms with Gasteiger partial charge in [-0.05, 0) is 17.9 Å². The van der Waals surface area contributed by atoms with E-state index in [1.807, 2.05) is 6.07 Å². The number of rotatable bonds is 2. The fraction of sp³-hybridized carbons (Fsp3) is 0.250. The molecular weight excluding hydrogens is 215 g/mol. The molecule has 0 amide bonds. The molecule has 17 heavy (non-hydrogen) atoms. The van der Waals surface area contributed by atoms with E-state index in [0.29, 0.717) is 5.92 Å². The van der Waals surface area contributed by atoms with Crippen LogP contribution in [0.3, 0.4) is 0 Å². The number of hydrogen-bond acceptors (Lipinski definition) is 0. The van der Waals surface area contributed by atoms with Gasteiger partial charge in [-0.15, -0.1) is 11.1 Å². The second kappa shape index (κ2) is 5.39. The molecule has 0 aromatic heterocycles. The smallest absolute Gasteiger partial charge is 0.179 e. The van der Waals surface area contributed by atoms with Crippen molar-refractivity contribution in [1.29, 1.82) is 0 Å². The van der Waals surface area contributed by atoms with Crippen molar-refractivity contribution in [2.75, 3.05) is 0 Å². The Labute approximate surface area is 125 Å². The van der Waals surface area contributed by atoms with E-state index in [0.717, 1.165) is 0 Å². The average molecular weight is 230 g/mol. The predicted octanol–water partition coefficient (Wildman–Crippen LogP) is 1.40. The standard InChI is InChI=1S/C16H15.Na/c1-2-7-12-13-8-3-5-10-15(13)16-11-6-4-9-14(12)16;/h3-6,8,10-12H,2,7H2,1H3;/q-1;+1. The van der Waals surface area contributed by atoms with Crippen LogP contribution in [0.4, 0.5) is 0 Å². The molecule has 1 atom stereocenters. The van der Waals surface area contributed by atoms with Crippen LogP contribution >= 0.6 is 0 Å². The molecule has 1 aliphatic carbocycles. The van der Waals surface area contributed by atoms with Gasteiger partial charge >= 0.3 is 29.6 Å². The zero-order chi connectivity index (χ0) is 11.0. The quantitative estimate of drug-likeness (QED) is 0.540. The first-order valence-corrected chi connectivity index (χ1v) is 6.01. The minimum Gasteiger partial charge on any atom is -0.179 e. The summed E-state index contributed by atoms with van der Waals surface area (Å²) >= 11 is 0. The Morgan fingerprint density at radius 1 is 1.06 bits per heavy atom. The van der Waals surface area contributed by atoms with Crippen molar-refractivity contribution in [3.63, 3.8) is 0 Å². The van der Waals surface area contributed by atoms with Crippen LogP contribution in [0.1, 0.15) is 36.8 Å². The molecule has 0 N–H and O–H groups in total. The Morgan fingerprint density at radius 2 is 1.82 bits per heavy atom. The van der Waals surface area contributed by atoms with Crippen LogP contribution in [0.25, 0.3) is 11.1 Å². The maximum absolute atomic E-state index is 3.43. The van der Waals surface area contributed by atoms with Gasteiger partial charge in [-0.25, -0.2) is 0 Å². The summed E-state index contributed by atoms with van der Waals surface area (Å²) in [4.78, 5) is 0. The summed E-state index contributed by atoms with van der Waals surface area (Å²) in [5.41, 5.74) is 5.68. The van der Waals surface area contributed by atoms with Crippen LogP contribution in [0.15, 0.2) is 42.5 Å². The van der Waals surface area contributed by atoms with Crippen molar-refractivity contribution in [3.05, 3.63) is 59.7 Å². The Morgan fingerprint density at radius 3 is 2.65 bits per heavy atom. The van der Waals surface area contributed by atoms with E-state index >= 15 is 0 Å². The van der Waals surface area contributed by atoms with Crippen LogP contribution in [0, 0.1) is 6.07 Å². The fourth-order valence-electron chi connectivity index (χ4n) is 2.76. The molecule has 1 unspecified atom stereocenters. The molecule has 0 heterocycles. The van der Waals surface area contributed by atoms with E-state index in [4.69, 9.17) is 0 Å². The van der Waals surface area contributed by atoms with E-state index < -0.39 is 0 Å². The maximum atomic E-state index is 3.43. The van der Waals surface area contributed by atoms with Gasteiger partial charge < -0.3 is 0 Å². The minimum atomic E-state index is 0. The summed E-state index contributed by atoms with van der Waals surface area (Å²) in [6.45, 7) is 2.25. The monoisotopic (exact) mass is 230 g/mol. The predicted molar refractivity (Wildman–Crippen MR) is 67.5 cm³/mol. The summed E-state index contributed by atoms with van der Waals surface area (Å²) in [7, 11) is 0. The summed E-state index contributed by atoms with van der Waals surface area (Å²) in [6, 6.07) is 18.6. The Balaban J connectivity index is 0.00000108. The van der Waals surface area contributed by atoms with Gasteiger partial charge in [0.25, 0.3) is 0 Å². The Hall–Kier alpha value is -0.560. The topological polar surface area (TPSA) is 0 Å². The first kappa shape index (κ1) is 12.9. The van der Waals surface area contributed by atoms with E-state index in [-0.39, 0.29) is 29.6 Å². The van der Waals surface area contributed by atoms with Gasteiger partial charge in [-0.1, -0.05) is 43.2 Å². The van der Waals surface area contributed by atoms with Gasteiger partial charge in [-0.3, -0.25) is 0 Å². The van der Waals surface area contributed by atoms with E-state index in [1.165, 1.54) is 35.1 Å². The molecule has 0 fully saturated rings. The second-order valence-electron chi connectivity index (χ2n) is 4.43. The van der Waals surface area contributed by atoms with Crippen molar-refractivity contribution in [3.8, 4) is 11.1 Å². The van der Waals surface area contributed by atoms with Crippen molar-refractivity contribution in [1.82, 2.24) is 0 Å². The van der Waals surface area contributed by atoms with E-state index in [9.17, 15) is 0 Å². The van der Waals surface area contributed by atoms with Gasteiger partial charge in [0.2, 0.25) is 0 Å². The molecule has 0 bridgehead atoms. The summed E-state index contributed by atoms with van der Waals surface area (Å²) in [5, 5.41) is 0. The van der Waals surface area contributed by atoms with Crippen LogP contribution in [-0.4, -0.2) is 0 Å². The van der Waals surface area contributed by atoms with Crippen LogP contribution in [0.5, 0.6) is 0 Å². The zero-order valence-electron chi connectivity index (χ0n) is 10.5. The molecule has 0 saturated heterocycles. The van der Waals surface area contributed by atoms with Crippen molar-refractivity contribution < 1.29 is 29.6 Å². The number of hydrogen-bond donors (Lipinski definition) is 0.